The molecular weight excluding hydrogens is 395 g/mol. The number of carbonyl (C=O) groups excluding carboxylic acids is 2. The topological polar surface area (TPSA) is 80.5 Å². The highest BCUT2D eigenvalue weighted by atomic mass is 127. The van der Waals surface area contributed by atoms with Crippen molar-refractivity contribution in [1.29, 1.82) is 0 Å². The predicted molar refractivity (Wildman–Crippen MR) is 84.8 cm³/mol. The fourth-order valence-corrected chi connectivity index (χ4v) is 3.49. The quantitative estimate of drug-likeness (QED) is 0.438. The second-order valence-electron chi connectivity index (χ2n) is 4.33. The molecule has 1 unspecified atom stereocenters. The van der Waals surface area contributed by atoms with E-state index in [1.807, 2.05) is 22.6 Å². The number of thioether (sulfide) groups is 1. The van der Waals surface area contributed by atoms with Gasteiger partial charge in [-0.15, -0.1) is 0 Å². The molecule has 6 nitrogen and oxygen atoms in total. The molecule has 20 heavy (non-hydrogen) atoms. The molecule has 8 heteroatoms. The van der Waals surface area contributed by atoms with E-state index in [9.17, 15) is 19.7 Å². The summed E-state index contributed by atoms with van der Waals surface area (Å²) in [6, 6.07) is 4.74. The zero-order valence-electron chi connectivity index (χ0n) is 10.5. The van der Waals surface area contributed by atoms with Gasteiger partial charge in [0.05, 0.1) is 4.92 Å². The van der Waals surface area contributed by atoms with E-state index in [1.54, 1.807) is 12.1 Å². The van der Waals surface area contributed by atoms with Crippen LogP contribution >= 0.6 is 34.4 Å². The lowest BCUT2D eigenvalue weighted by atomic mass is 10.2. The molecule has 1 atom stereocenters. The van der Waals surface area contributed by atoms with Gasteiger partial charge < -0.3 is 4.90 Å². The molecule has 0 aliphatic carbocycles. The molecule has 0 spiro atoms. The molecule has 106 valence electrons. The van der Waals surface area contributed by atoms with Crippen LogP contribution in [-0.2, 0) is 9.59 Å². The number of benzene rings is 1. The van der Waals surface area contributed by atoms with Gasteiger partial charge in [0, 0.05) is 34.8 Å². The number of halogens is 1. The van der Waals surface area contributed by atoms with Crippen LogP contribution in [0.2, 0.25) is 0 Å². The molecule has 0 bridgehead atoms. The van der Waals surface area contributed by atoms with Crippen LogP contribution in [0.1, 0.15) is 13.3 Å². The first-order valence-corrected chi connectivity index (χ1v) is 7.76. The van der Waals surface area contributed by atoms with Gasteiger partial charge in [0.25, 0.3) is 5.69 Å². The number of hydrogen-bond acceptors (Lipinski definition) is 5. The lowest BCUT2D eigenvalue weighted by molar-refractivity contribution is -0.384. The van der Waals surface area contributed by atoms with Gasteiger partial charge in [-0.05, 0) is 34.7 Å². The lowest BCUT2D eigenvalue weighted by Crippen LogP contribution is -2.25. The second kappa shape index (κ2) is 6.08. The molecule has 0 N–H and O–H groups in total. The van der Waals surface area contributed by atoms with Crippen LogP contribution in [0.25, 0.3) is 0 Å². The van der Waals surface area contributed by atoms with Crippen molar-refractivity contribution >= 4 is 56.7 Å². The average molecular weight is 406 g/mol. The van der Waals surface area contributed by atoms with Crippen molar-refractivity contribution in [3.63, 3.8) is 0 Å². The predicted octanol–water partition coefficient (Wildman–Crippen LogP) is 2.58. The Morgan fingerprint density at radius 3 is 2.85 bits per heavy atom. The smallest absolute Gasteiger partial charge is 0.294 e. The van der Waals surface area contributed by atoms with Gasteiger partial charge >= 0.3 is 0 Å². The van der Waals surface area contributed by atoms with E-state index >= 15 is 0 Å². The summed E-state index contributed by atoms with van der Waals surface area (Å²) in [6.45, 7) is 1.77. The number of nitrogens with zero attached hydrogens (tertiary/aromatic N) is 2. The van der Waals surface area contributed by atoms with Crippen molar-refractivity contribution in [2.45, 2.75) is 18.6 Å². The summed E-state index contributed by atoms with van der Waals surface area (Å²) in [5, 5.41) is 10.9. The van der Waals surface area contributed by atoms with Crippen LogP contribution in [0.3, 0.4) is 0 Å². The van der Waals surface area contributed by atoms with Crippen molar-refractivity contribution in [2.75, 3.05) is 11.4 Å². The Hall–Kier alpha value is -1.16. The number of carbonyl (C=O) groups is 2. The summed E-state index contributed by atoms with van der Waals surface area (Å²) in [7, 11) is 0. The maximum atomic E-state index is 12.0. The zero-order chi connectivity index (χ0) is 14.9. The first kappa shape index (κ1) is 15.2. The van der Waals surface area contributed by atoms with Gasteiger partial charge in [0.15, 0.2) is 5.12 Å². The number of anilines is 1. The first-order chi connectivity index (χ1) is 9.38. The van der Waals surface area contributed by atoms with Crippen molar-refractivity contribution in [2.24, 2.45) is 0 Å². The van der Waals surface area contributed by atoms with E-state index in [0.29, 0.717) is 12.2 Å². The minimum Gasteiger partial charge on any atom is -0.305 e. The minimum absolute atomic E-state index is 0.0539. The fourth-order valence-electron chi connectivity index (χ4n) is 2.09. The molecule has 1 aromatic carbocycles. The molecule has 0 saturated carbocycles. The van der Waals surface area contributed by atoms with E-state index in [1.165, 1.54) is 17.9 Å². The molecule has 1 aliphatic heterocycles. The Balaban J connectivity index is 2.30. The maximum Gasteiger partial charge on any atom is 0.294 e. The third-order valence-corrected chi connectivity index (χ3v) is 4.50. The monoisotopic (exact) mass is 406 g/mol. The second-order valence-corrected chi connectivity index (χ2v) is 7.05. The van der Waals surface area contributed by atoms with E-state index in [2.05, 4.69) is 0 Å². The number of nitro benzene ring substituents is 1. The average Bonchev–Trinajstić information content (AvgIpc) is 2.69. The maximum absolute atomic E-state index is 12.0. The van der Waals surface area contributed by atoms with Crippen molar-refractivity contribution in [3.8, 4) is 0 Å². The van der Waals surface area contributed by atoms with E-state index in [4.69, 9.17) is 0 Å². The largest absolute Gasteiger partial charge is 0.305 e. The summed E-state index contributed by atoms with van der Waals surface area (Å²) < 4.78 is 0.736. The number of amides is 1. The van der Waals surface area contributed by atoms with E-state index < -0.39 is 4.92 Å². The fraction of sp³-hybridized carbons (Fsp3) is 0.333. The molecule has 1 heterocycles. The van der Waals surface area contributed by atoms with Crippen molar-refractivity contribution in [1.82, 2.24) is 0 Å². The number of hydrogen-bond donors (Lipinski definition) is 0. The molecule has 0 aromatic heterocycles. The molecule has 1 fully saturated rings. The molecule has 1 aliphatic rings. The Morgan fingerprint density at radius 2 is 2.25 bits per heavy atom. The Morgan fingerprint density at radius 1 is 1.55 bits per heavy atom. The van der Waals surface area contributed by atoms with Gasteiger partial charge in [-0.2, -0.15) is 0 Å². The van der Waals surface area contributed by atoms with Crippen LogP contribution < -0.4 is 4.90 Å². The van der Waals surface area contributed by atoms with Gasteiger partial charge in [0.2, 0.25) is 5.91 Å². The third-order valence-electron chi connectivity index (χ3n) is 2.85. The minimum atomic E-state index is -0.490. The number of nitro groups is 1. The normalized spacial score (nSPS) is 18.4. The molecule has 1 aromatic rings. The van der Waals surface area contributed by atoms with Crippen LogP contribution in [0, 0.1) is 13.7 Å². The first-order valence-electron chi connectivity index (χ1n) is 5.80. The lowest BCUT2D eigenvalue weighted by Gasteiger charge is -2.16. The summed E-state index contributed by atoms with van der Waals surface area (Å²) >= 11 is 3.10. The molecular formula is C12H11IN2O4S. The van der Waals surface area contributed by atoms with Crippen LogP contribution in [-0.4, -0.2) is 27.7 Å². The Kier molecular flexibility index (Phi) is 4.63. The van der Waals surface area contributed by atoms with Crippen molar-refractivity contribution in [3.05, 3.63) is 31.9 Å². The van der Waals surface area contributed by atoms with Gasteiger partial charge in [-0.1, -0.05) is 11.8 Å². The van der Waals surface area contributed by atoms with Crippen LogP contribution in [0.5, 0.6) is 0 Å². The van der Waals surface area contributed by atoms with E-state index in [0.717, 1.165) is 15.3 Å². The molecule has 1 amide bonds. The standard InChI is InChI=1S/C12H11IN2O4S/c1-7(16)20-9-5-12(17)14(6-9)10-3-2-8(13)4-11(10)15(18)19/h2-4,9H,5-6H2,1H3. The van der Waals surface area contributed by atoms with Crippen LogP contribution in [0.15, 0.2) is 18.2 Å². The van der Waals surface area contributed by atoms with Gasteiger partial charge in [-0.25, -0.2) is 0 Å². The third kappa shape index (κ3) is 3.29. The van der Waals surface area contributed by atoms with Gasteiger partial charge in [0.1, 0.15) is 5.69 Å². The van der Waals surface area contributed by atoms with Crippen molar-refractivity contribution < 1.29 is 14.5 Å². The highest BCUT2D eigenvalue weighted by Crippen LogP contribution is 2.35. The SMILES string of the molecule is CC(=O)SC1CC(=O)N(c2ccc(I)cc2[N+](=O)[O-])C1. The Labute approximate surface area is 133 Å². The summed E-state index contributed by atoms with van der Waals surface area (Å²) in [6.07, 6.45) is 0.230. The highest BCUT2D eigenvalue weighted by molar-refractivity contribution is 14.1. The summed E-state index contributed by atoms with van der Waals surface area (Å²) in [5.41, 5.74) is 0.214. The van der Waals surface area contributed by atoms with Crippen LogP contribution in [0.4, 0.5) is 11.4 Å². The molecule has 1 saturated heterocycles. The van der Waals surface area contributed by atoms with E-state index in [-0.39, 0.29) is 28.4 Å². The number of rotatable bonds is 3. The molecule has 0 radical (unpaired) electrons. The molecule has 2 rings (SSSR count). The Bertz CT molecular complexity index is 593. The zero-order valence-corrected chi connectivity index (χ0v) is 13.5. The highest BCUT2D eigenvalue weighted by Gasteiger charge is 2.35. The summed E-state index contributed by atoms with van der Waals surface area (Å²) in [5.74, 6) is -0.187. The summed E-state index contributed by atoms with van der Waals surface area (Å²) in [4.78, 5) is 35.1. The van der Waals surface area contributed by atoms with Gasteiger partial charge in [-0.3, -0.25) is 19.7 Å².